The van der Waals surface area contributed by atoms with Gasteiger partial charge in [-0.25, -0.2) is 8.42 Å². The summed E-state index contributed by atoms with van der Waals surface area (Å²) in [5.41, 5.74) is -0.681. The van der Waals surface area contributed by atoms with Crippen LogP contribution in [-0.4, -0.2) is 54.8 Å². The third-order valence-corrected chi connectivity index (χ3v) is 7.13. The third kappa shape index (κ3) is 3.14. The van der Waals surface area contributed by atoms with Crippen molar-refractivity contribution in [3.8, 4) is 0 Å². The molecule has 3 rings (SSSR count). The summed E-state index contributed by atoms with van der Waals surface area (Å²) in [6, 6.07) is 0.299. The van der Waals surface area contributed by atoms with E-state index in [4.69, 9.17) is 0 Å². The minimum absolute atomic E-state index is 0.00124. The van der Waals surface area contributed by atoms with E-state index in [1.165, 1.54) is 0 Å². The first-order valence-electron chi connectivity index (χ1n) is 8.10. The Morgan fingerprint density at radius 2 is 2.00 bits per heavy atom. The van der Waals surface area contributed by atoms with Gasteiger partial charge in [0.2, 0.25) is 11.8 Å². The SMILES string of the molecule is C[C@@]1(NC(=O)[C@@H]2CC(=O)N(C3CCCC3)C2)CCS(=O)(=O)C1. The molecule has 2 saturated heterocycles. The highest BCUT2D eigenvalue weighted by Crippen LogP contribution is 2.30. The molecular formula is C15H24N2O4S. The molecule has 0 bridgehead atoms. The molecule has 2 amide bonds. The largest absolute Gasteiger partial charge is 0.350 e. The number of hydrogen-bond donors (Lipinski definition) is 1. The standard InChI is InChI=1S/C15H24N2O4S/c1-15(6-7-22(20,21)10-15)16-14(19)11-8-13(18)17(9-11)12-4-2-3-5-12/h11-12H,2-10H2,1H3,(H,16,19)/t11-,15-/m1/s1. The van der Waals surface area contributed by atoms with Crippen LogP contribution in [0.15, 0.2) is 0 Å². The topological polar surface area (TPSA) is 83.6 Å². The third-order valence-electron chi connectivity index (χ3n) is 5.22. The van der Waals surface area contributed by atoms with Gasteiger partial charge in [-0.15, -0.1) is 0 Å². The molecule has 0 aromatic heterocycles. The van der Waals surface area contributed by atoms with Crippen LogP contribution in [0.3, 0.4) is 0 Å². The smallest absolute Gasteiger partial charge is 0.225 e. The minimum atomic E-state index is -3.05. The van der Waals surface area contributed by atoms with E-state index in [0.29, 0.717) is 19.0 Å². The first kappa shape index (κ1) is 15.8. The molecule has 6 nitrogen and oxygen atoms in total. The number of likely N-dealkylation sites (tertiary alicyclic amines) is 1. The fourth-order valence-corrected chi connectivity index (χ4v) is 6.08. The lowest BCUT2D eigenvalue weighted by molar-refractivity contribution is -0.130. The van der Waals surface area contributed by atoms with Crippen LogP contribution in [0.2, 0.25) is 0 Å². The average molecular weight is 328 g/mol. The quantitative estimate of drug-likeness (QED) is 0.816. The van der Waals surface area contributed by atoms with E-state index in [2.05, 4.69) is 5.32 Å². The van der Waals surface area contributed by atoms with Crippen LogP contribution < -0.4 is 5.32 Å². The van der Waals surface area contributed by atoms with Crippen molar-refractivity contribution >= 4 is 21.7 Å². The maximum atomic E-state index is 12.4. The highest BCUT2D eigenvalue weighted by Gasteiger charge is 2.43. The summed E-state index contributed by atoms with van der Waals surface area (Å²) in [5.74, 6) is -0.321. The molecule has 7 heteroatoms. The zero-order valence-corrected chi connectivity index (χ0v) is 13.8. The number of hydrogen-bond acceptors (Lipinski definition) is 4. The fourth-order valence-electron chi connectivity index (χ4n) is 3.98. The summed E-state index contributed by atoms with van der Waals surface area (Å²) in [6.07, 6.45) is 5.09. The molecule has 124 valence electrons. The van der Waals surface area contributed by atoms with Crippen LogP contribution in [0.1, 0.15) is 45.4 Å². The number of amides is 2. The average Bonchev–Trinajstić information content (AvgIpc) is 3.09. The van der Waals surface area contributed by atoms with E-state index >= 15 is 0 Å². The fraction of sp³-hybridized carbons (Fsp3) is 0.867. The highest BCUT2D eigenvalue weighted by atomic mass is 32.2. The highest BCUT2D eigenvalue weighted by molar-refractivity contribution is 7.91. The van der Waals surface area contributed by atoms with Crippen LogP contribution in [-0.2, 0) is 19.4 Å². The predicted molar refractivity (Wildman–Crippen MR) is 81.9 cm³/mol. The summed E-state index contributed by atoms with van der Waals surface area (Å²) >= 11 is 0. The molecule has 3 fully saturated rings. The molecular weight excluding hydrogens is 304 g/mol. The number of nitrogens with one attached hydrogen (secondary N) is 1. The Hall–Kier alpha value is -1.11. The Labute approximate surface area is 131 Å². The van der Waals surface area contributed by atoms with Gasteiger partial charge in [0.15, 0.2) is 9.84 Å². The van der Waals surface area contributed by atoms with Gasteiger partial charge in [0.05, 0.1) is 23.0 Å². The van der Waals surface area contributed by atoms with Crippen molar-refractivity contribution < 1.29 is 18.0 Å². The van der Waals surface area contributed by atoms with Gasteiger partial charge in [-0.05, 0) is 26.2 Å². The summed E-state index contributed by atoms with van der Waals surface area (Å²) in [6.45, 7) is 2.26. The Morgan fingerprint density at radius 3 is 2.59 bits per heavy atom. The lowest BCUT2D eigenvalue weighted by Crippen LogP contribution is -2.49. The van der Waals surface area contributed by atoms with Gasteiger partial charge >= 0.3 is 0 Å². The predicted octanol–water partition coefficient (Wildman–Crippen LogP) is 0.471. The van der Waals surface area contributed by atoms with Crippen LogP contribution in [0.4, 0.5) is 0 Å². The minimum Gasteiger partial charge on any atom is -0.350 e. The summed E-state index contributed by atoms with van der Waals surface area (Å²) in [5, 5.41) is 2.89. The van der Waals surface area contributed by atoms with Gasteiger partial charge in [-0.3, -0.25) is 9.59 Å². The molecule has 0 spiro atoms. The molecule has 22 heavy (non-hydrogen) atoms. The molecule has 0 radical (unpaired) electrons. The van der Waals surface area contributed by atoms with Gasteiger partial charge in [-0.1, -0.05) is 12.8 Å². The van der Waals surface area contributed by atoms with Crippen LogP contribution in [0, 0.1) is 5.92 Å². The molecule has 0 aromatic carbocycles. The number of rotatable bonds is 3. The lowest BCUT2D eigenvalue weighted by Gasteiger charge is -2.27. The Balaban J connectivity index is 1.60. The molecule has 2 atom stereocenters. The molecule has 0 aromatic rings. The molecule has 1 N–H and O–H groups in total. The number of carbonyl (C=O) groups is 2. The van der Waals surface area contributed by atoms with Crippen molar-refractivity contribution in [3.63, 3.8) is 0 Å². The normalized spacial score (nSPS) is 35.2. The summed E-state index contributed by atoms with van der Waals surface area (Å²) < 4.78 is 23.2. The first-order valence-corrected chi connectivity index (χ1v) is 9.92. The zero-order chi connectivity index (χ0) is 16.0. The van der Waals surface area contributed by atoms with Crippen molar-refractivity contribution in [1.29, 1.82) is 0 Å². The number of nitrogens with zero attached hydrogens (tertiary/aromatic N) is 1. The van der Waals surface area contributed by atoms with Gasteiger partial charge in [0, 0.05) is 19.0 Å². The van der Waals surface area contributed by atoms with Crippen LogP contribution in [0.5, 0.6) is 0 Å². The molecule has 3 aliphatic rings. The van der Waals surface area contributed by atoms with E-state index in [1.807, 2.05) is 4.90 Å². The van der Waals surface area contributed by atoms with Crippen molar-refractivity contribution in [2.45, 2.75) is 57.0 Å². The van der Waals surface area contributed by atoms with Gasteiger partial charge < -0.3 is 10.2 Å². The second-order valence-electron chi connectivity index (χ2n) is 7.28. The van der Waals surface area contributed by atoms with Crippen molar-refractivity contribution in [2.24, 2.45) is 5.92 Å². The van der Waals surface area contributed by atoms with Gasteiger partial charge in [0.1, 0.15) is 0 Å². The van der Waals surface area contributed by atoms with E-state index in [9.17, 15) is 18.0 Å². The summed E-state index contributed by atoms with van der Waals surface area (Å²) in [7, 11) is -3.05. The first-order chi connectivity index (χ1) is 10.3. The van der Waals surface area contributed by atoms with E-state index in [0.717, 1.165) is 25.7 Å². The Bertz CT molecular complexity index is 582. The second-order valence-corrected chi connectivity index (χ2v) is 9.46. The van der Waals surface area contributed by atoms with E-state index in [1.54, 1.807) is 6.92 Å². The van der Waals surface area contributed by atoms with E-state index < -0.39 is 15.4 Å². The van der Waals surface area contributed by atoms with Crippen molar-refractivity contribution in [2.75, 3.05) is 18.1 Å². The molecule has 0 unspecified atom stereocenters. The maximum absolute atomic E-state index is 12.4. The molecule has 1 aliphatic carbocycles. The molecule has 2 aliphatic heterocycles. The zero-order valence-electron chi connectivity index (χ0n) is 13.0. The van der Waals surface area contributed by atoms with Gasteiger partial charge in [0.25, 0.3) is 0 Å². The van der Waals surface area contributed by atoms with Crippen molar-refractivity contribution in [1.82, 2.24) is 10.2 Å². The lowest BCUT2D eigenvalue weighted by atomic mass is 9.99. The Kier molecular flexibility index (Phi) is 3.95. The summed E-state index contributed by atoms with van der Waals surface area (Å²) in [4.78, 5) is 26.5. The van der Waals surface area contributed by atoms with Crippen molar-refractivity contribution in [3.05, 3.63) is 0 Å². The monoisotopic (exact) mass is 328 g/mol. The molecule has 2 heterocycles. The van der Waals surface area contributed by atoms with Gasteiger partial charge in [-0.2, -0.15) is 0 Å². The maximum Gasteiger partial charge on any atom is 0.225 e. The Morgan fingerprint density at radius 1 is 1.32 bits per heavy atom. The van der Waals surface area contributed by atoms with E-state index in [-0.39, 0.29) is 35.7 Å². The van der Waals surface area contributed by atoms with Crippen LogP contribution in [0.25, 0.3) is 0 Å². The second kappa shape index (κ2) is 5.51. The number of carbonyl (C=O) groups excluding carboxylic acids is 2. The van der Waals surface area contributed by atoms with Crippen LogP contribution >= 0.6 is 0 Å². The number of sulfone groups is 1. The molecule has 1 saturated carbocycles.